The quantitative estimate of drug-likeness (QED) is 0.750. The van der Waals surface area contributed by atoms with E-state index in [1.54, 1.807) is 0 Å². The number of carboxylic acid groups (broad SMARTS) is 1. The average molecular weight is 415 g/mol. The first-order valence-corrected chi connectivity index (χ1v) is 9.86. The second-order valence-corrected chi connectivity index (χ2v) is 7.67. The topological polar surface area (TPSA) is 66.8 Å². The van der Waals surface area contributed by atoms with Gasteiger partial charge >= 0.3 is 18.1 Å². The lowest BCUT2D eigenvalue weighted by molar-refractivity contribution is -0.192. The molecule has 3 rings (SSSR count). The van der Waals surface area contributed by atoms with Crippen LogP contribution in [0.25, 0.3) is 0 Å². The third kappa shape index (κ3) is 7.03. The highest BCUT2D eigenvalue weighted by Crippen LogP contribution is 2.39. The predicted octanol–water partition coefficient (Wildman–Crippen LogP) is 4.12. The third-order valence-corrected chi connectivity index (χ3v) is 5.69. The summed E-state index contributed by atoms with van der Waals surface area (Å²) >= 11 is 0. The Labute approximate surface area is 168 Å². The van der Waals surface area contributed by atoms with Gasteiger partial charge in [-0.25, -0.2) is 4.79 Å². The molecule has 0 radical (unpaired) electrons. The van der Waals surface area contributed by atoms with Gasteiger partial charge < -0.3 is 9.84 Å². The highest BCUT2D eigenvalue weighted by molar-refractivity contribution is 5.73. The molecule has 1 saturated carbocycles. The fraction of sp³-hybridized carbons (Fsp3) is 0.619. The van der Waals surface area contributed by atoms with Crippen LogP contribution in [-0.2, 0) is 20.9 Å². The molecule has 1 heterocycles. The van der Waals surface area contributed by atoms with E-state index in [9.17, 15) is 18.0 Å². The van der Waals surface area contributed by atoms with E-state index in [2.05, 4.69) is 35.2 Å². The number of rotatable bonds is 4. The second kappa shape index (κ2) is 10.6. The van der Waals surface area contributed by atoms with Crippen LogP contribution in [0.2, 0.25) is 0 Å². The minimum absolute atomic E-state index is 0.00821. The van der Waals surface area contributed by atoms with E-state index in [0.29, 0.717) is 11.8 Å². The van der Waals surface area contributed by atoms with Gasteiger partial charge in [-0.15, -0.1) is 0 Å². The van der Waals surface area contributed by atoms with Crippen LogP contribution in [-0.4, -0.2) is 48.3 Å². The van der Waals surface area contributed by atoms with Gasteiger partial charge in [0.2, 0.25) is 0 Å². The van der Waals surface area contributed by atoms with E-state index >= 15 is 0 Å². The van der Waals surface area contributed by atoms with E-state index in [1.165, 1.54) is 44.8 Å². The number of esters is 1. The van der Waals surface area contributed by atoms with Gasteiger partial charge in [0.25, 0.3) is 0 Å². The zero-order valence-corrected chi connectivity index (χ0v) is 16.5. The van der Waals surface area contributed by atoms with E-state index in [1.807, 2.05) is 0 Å². The highest BCUT2D eigenvalue weighted by Gasteiger charge is 2.42. The van der Waals surface area contributed by atoms with Gasteiger partial charge in [-0.3, -0.25) is 9.69 Å². The van der Waals surface area contributed by atoms with Crippen molar-refractivity contribution < 1.29 is 32.6 Å². The molecule has 1 saturated heterocycles. The summed E-state index contributed by atoms with van der Waals surface area (Å²) in [7, 11) is 1.53. The fourth-order valence-electron chi connectivity index (χ4n) is 4.32. The maximum Gasteiger partial charge on any atom is 0.490 e. The van der Waals surface area contributed by atoms with E-state index < -0.39 is 12.1 Å². The SMILES string of the molecule is COC(=O)[C@@H]1CN(Cc2ccccc2)C[C@H]1C1CCCCC1.O=C(O)C(F)(F)F. The summed E-state index contributed by atoms with van der Waals surface area (Å²) in [4.78, 5) is 23.6. The number of likely N-dealkylation sites (tertiary alicyclic amines) is 1. The van der Waals surface area contributed by atoms with Crippen molar-refractivity contribution in [2.75, 3.05) is 20.2 Å². The molecule has 29 heavy (non-hydrogen) atoms. The van der Waals surface area contributed by atoms with Crippen LogP contribution in [0.4, 0.5) is 13.2 Å². The van der Waals surface area contributed by atoms with E-state index in [-0.39, 0.29) is 11.9 Å². The van der Waals surface area contributed by atoms with E-state index in [4.69, 9.17) is 14.6 Å². The number of alkyl halides is 3. The number of aliphatic carboxylic acids is 1. The number of nitrogens with zero attached hydrogens (tertiary/aromatic N) is 1. The number of carbonyl (C=O) groups is 2. The number of methoxy groups -OCH3 is 1. The zero-order valence-electron chi connectivity index (χ0n) is 16.5. The summed E-state index contributed by atoms with van der Waals surface area (Å²) in [6.45, 7) is 2.83. The lowest BCUT2D eigenvalue weighted by Crippen LogP contribution is -2.30. The Kier molecular flexibility index (Phi) is 8.49. The average Bonchev–Trinajstić information content (AvgIpc) is 3.12. The second-order valence-electron chi connectivity index (χ2n) is 7.67. The number of hydrogen-bond donors (Lipinski definition) is 1. The van der Waals surface area contributed by atoms with Crippen LogP contribution in [0.15, 0.2) is 30.3 Å². The van der Waals surface area contributed by atoms with Crippen LogP contribution in [0.3, 0.4) is 0 Å². The van der Waals surface area contributed by atoms with Gasteiger partial charge in [-0.05, 0) is 17.4 Å². The number of benzene rings is 1. The maximum absolute atomic E-state index is 12.2. The Bertz CT molecular complexity index is 660. The Balaban J connectivity index is 0.000000370. The van der Waals surface area contributed by atoms with Crippen molar-refractivity contribution in [1.29, 1.82) is 0 Å². The molecule has 2 aliphatic rings. The summed E-state index contributed by atoms with van der Waals surface area (Å²) in [6.07, 6.45) is 1.51. The third-order valence-electron chi connectivity index (χ3n) is 5.69. The molecule has 0 amide bonds. The summed E-state index contributed by atoms with van der Waals surface area (Å²) < 4.78 is 36.8. The molecule has 1 aliphatic carbocycles. The standard InChI is InChI=1S/C19H27NO2.C2HF3O2/c1-22-19(21)18-14-20(12-15-8-4-2-5-9-15)13-17(18)16-10-6-3-7-11-16;3-2(4,5)1(6)7/h2,4-5,8-9,16-18H,3,6-7,10-14H2,1H3;(H,6,7)/t17-,18+;/m0./s1. The molecular formula is C21H28F3NO4. The Morgan fingerprint density at radius 3 is 2.21 bits per heavy atom. The molecule has 2 atom stereocenters. The number of halogens is 3. The molecule has 0 bridgehead atoms. The van der Waals surface area contributed by atoms with Gasteiger partial charge in [0.05, 0.1) is 13.0 Å². The Hall–Kier alpha value is -2.09. The molecule has 1 aromatic carbocycles. The molecular weight excluding hydrogens is 387 g/mol. The lowest BCUT2D eigenvalue weighted by Gasteiger charge is -2.30. The minimum atomic E-state index is -5.08. The molecule has 0 unspecified atom stereocenters. The maximum atomic E-state index is 12.2. The van der Waals surface area contributed by atoms with Crippen molar-refractivity contribution >= 4 is 11.9 Å². The first kappa shape index (κ1) is 23.2. The van der Waals surface area contributed by atoms with Crippen LogP contribution < -0.4 is 0 Å². The van der Waals surface area contributed by atoms with Gasteiger partial charge in [-0.2, -0.15) is 13.2 Å². The van der Waals surface area contributed by atoms with Gasteiger partial charge in [0.1, 0.15) is 0 Å². The predicted molar refractivity (Wildman–Crippen MR) is 101 cm³/mol. The zero-order chi connectivity index (χ0) is 21.4. The minimum Gasteiger partial charge on any atom is -0.475 e. The van der Waals surface area contributed by atoms with Crippen LogP contribution >= 0.6 is 0 Å². The molecule has 1 N–H and O–H groups in total. The van der Waals surface area contributed by atoms with Crippen molar-refractivity contribution in [3.63, 3.8) is 0 Å². The molecule has 162 valence electrons. The largest absolute Gasteiger partial charge is 0.490 e. The first-order chi connectivity index (χ1) is 13.7. The van der Waals surface area contributed by atoms with E-state index in [0.717, 1.165) is 19.6 Å². The normalized spacial score (nSPS) is 23.2. The lowest BCUT2D eigenvalue weighted by atomic mass is 9.75. The van der Waals surface area contributed by atoms with Gasteiger partial charge in [-0.1, -0.05) is 62.4 Å². The summed E-state index contributed by atoms with van der Waals surface area (Å²) in [5.41, 5.74) is 1.33. The molecule has 8 heteroatoms. The molecule has 5 nitrogen and oxygen atoms in total. The number of hydrogen-bond acceptors (Lipinski definition) is 4. The van der Waals surface area contributed by atoms with Crippen LogP contribution in [0.5, 0.6) is 0 Å². The van der Waals surface area contributed by atoms with Gasteiger partial charge in [0.15, 0.2) is 0 Å². The Morgan fingerprint density at radius 2 is 1.69 bits per heavy atom. The highest BCUT2D eigenvalue weighted by atomic mass is 19.4. The van der Waals surface area contributed by atoms with Gasteiger partial charge in [0, 0.05) is 19.6 Å². The summed E-state index contributed by atoms with van der Waals surface area (Å²) in [5.74, 6) is -1.51. The summed E-state index contributed by atoms with van der Waals surface area (Å²) in [5, 5.41) is 7.12. The van der Waals surface area contributed by atoms with Crippen LogP contribution in [0, 0.1) is 17.8 Å². The van der Waals surface area contributed by atoms with Crippen molar-refractivity contribution in [3.05, 3.63) is 35.9 Å². The number of carboxylic acids is 1. The Morgan fingerprint density at radius 1 is 1.10 bits per heavy atom. The van der Waals surface area contributed by atoms with Crippen molar-refractivity contribution in [1.82, 2.24) is 4.90 Å². The molecule has 0 aromatic heterocycles. The number of carbonyl (C=O) groups excluding carboxylic acids is 1. The molecule has 2 fully saturated rings. The first-order valence-electron chi connectivity index (χ1n) is 9.86. The number of ether oxygens (including phenoxy) is 1. The molecule has 1 aromatic rings. The van der Waals surface area contributed by atoms with Crippen molar-refractivity contribution in [3.8, 4) is 0 Å². The smallest absolute Gasteiger partial charge is 0.475 e. The van der Waals surface area contributed by atoms with Crippen LogP contribution in [0.1, 0.15) is 37.7 Å². The summed E-state index contributed by atoms with van der Waals surface area (Å²) in [6, 6.07) is 10.6. The fourth-order valence-corrected chi connectivity index (χ4v) is 4.32. The molecule has 0 spiro atoms. The van der Waals surface area contributed by atoms with Crippen molar-refractivity contribution in [2.24, 2.45) is 17.8 Å². The molecule has 1 aliphatic heterocycles. The monoisotopic (exact) mass is 415 g/mol. The van der Waals surface area contributed by atoms with Crippen molar-refractivity contribution in [2.45, 2.75) is 44.8 Å².